The first kappa shape index (κ1) is 32.3. The highest BCUT2D eigenvalue weighted by Gasteiger charge is 2.29. The summed E-state index contributed by atoms with van der Waals surface area (Å²) in [6.45, 7) is 9.09. The van der Waals surface area contributed by atoms with Crippen molar-refractivity contribution >= 4 is 78.4 Å². The maximum Gasteiger partial charge on any atom is 0.267 e. The van der Waals surface area contributed by atoms with E-state index < -0.39 is 10.1 Å². The standard InChI is InChI=1S/C32H35ClN4O4S3/c1-21(2)36(25-10-6-22(3)7-11-25)19-30(38)34-20-37-27-17-24(33)9-13-29(27)43-32(37)18-31-35(14-5-15-44(39,40)41)26-16-23(4)8-12-28(26)42-31/h6-13,16-18,21H,5,14-15,19-20H2,1-4H3,(H-,34,38,39,40,41)/p+1. The molecule has 8 nitrogen and oxygen atoms in total. The molecule has 0 bridgehead atoms. The van der Waals surface area contributed by atoms with Gasteiger partial charge in [-0.3, -0.25) is 14.7 Å². The van der Waals surface area contributed by atoms with Gasteiger partial charge in [0.25, 0.3) is 15.1 Å². The minimum Gasteiger partial charge on any atom is -0.360 e. The van der Waals surface area contributed by atoms with Crippen LogP contribution < -0.4 is 19.7 Å². The van der Waals surface area contributed by atoms with Gasteiger partial charge in [-0.15, -0.1) is 0 Å². The van der Waals surface area contributed by atoms with Crippen molar-refractivity contribution in [2.24, 2.45) is 0 Å². The molecule has 1 aromatic heterocycles. The van der Waals surface area contributed by atoms with Gasteiger partial charge in [-0.25, -0.2) is 0 Å². The first-order valence-electron chi connectivity index (χ1n) is 14.3. The van der Waals surface area contributed by atoms with E-state index in [0.29, 0.717) is 11.6 Å². The average Bonchev–Trinajstić information content (AvgIpc) is 3.46. The van der Waals surface area contributed by atoms with E-state index in [1.54, 1.807) is 23.1 Å². The molecule has 1 amide bonds. The third-order valence-electron chi connectivity index (χ3n) is 7.35. The van der Waals surface area contributed by atoms with Crippen molar-refractivity contribution in [2.45, 2.75) is 51.7 Å². The molecule has 44 heavy (non-hydrogen) atoms. The van der Waals surface area contributed by atoms with Gasteiger partial charge < -0.3 is 9.80 Å². The molecule has 0 aliphatic carbocycles. The van der Waals surface area contributed by atoms with Crippen molar-refractivity contribution < 1.29 is 22.3 Å². The zero-order valence-electron chi connectivity index (χ0n) is 25.1. The van der Waals surface area contributed by atoms with Crippen LogP contribution in [0, 0.1) is 13.8 Å². The number of aromatic nitrogens is 1. The van der Waals surface area contributed by atoms with E-state index in [4.69, 9.17) is 11.6 Å². The molecule has 232 valence electrons. The Morgan fingerprint density at radius 3 is 2.52 bits per heavy atom. The number of benzene rings is 3. The highest BCUT2D eigenvalue weighted by atomic mass is 35.5. The molecular formula is C32H36ClN4O4S3+. The second-order valence-corrected chi connectivity index (χ2v) is 15.3. The number of aryl methyl sites for hydroxylation is 2. The molecule has 0 saturated heterocycles. The zero-order chi connectivity index (χ0) is 31.6. The van der Waals surface area contributed by atoms with Crippen molar-refractivity contribution in [3.05, 3.63) is 86.8 Å². The van der Waals surface area contributed by atoms with Crippen molar-refractivity contribution in [1.29, 1.82) is 0 Å². The van der Waals surface area contributed by atoms with E-state index in [1.165, 1.54) is 5.56 Å². The second kappa shape index (κ2) is 13.5. The summed E-state index contributed by atoms with van der Waals surface area (Å²) in [4.78, 5) is 18.5. The quantitative estimate of drug-likeness (QED) is 0.136. The number of thiazole rings is 1. The van der Waals surface area contributed by atoms with Crippen molar-refractivity contribution in [3.63, 3.8) is 0 Å². The SMILES string of the molecule is Cc1ccc(N(CC(=O)NC[n+]2c(/C=C3\Sc4ccc(C)cc4N3CCCS(=O)(=O)O)sc3ccc(Cl)cc32)C(C)C)cc1. The monoisotopic (exact) mass is 671 g/mol. The first-order chi connectivity index (χ1) is 20.9. The maximum absolute atomic E-state index is 13.3. The van der Waals surface area contributed by atoms with Gasteiger partial charge in [0.2, 0.25) is 18.1 Å². The average molecular weight is 672 g/mol. The molecule has 5 rings (SSSR count). The first-order valence-corrected chi connectivity index (χ1v) is 17.9. The summed E-state index contributed by atoms with van der Waals surface area (Å²) in [7, 11) is -4.07. The predicted octanol–water partition coefficient (Wildman–Crippen LogP) is 6.64. The minimum atomic E-state index is -4.07. The van der Waals surface area contributed by atoms with Gasteiger partial charge in [-0.05, 0) is 76.1 Å². The Hall–Kier alpha value is -3.09. The third kappa shape index (κ3) is 7.76. The lowest BCUT2D eigenvalue weighted by Crippen LogP contribution is -2.48. The molecule has 0 radical (unpaired) electrons. The molecular weight excluding hydrogens is 636 g/mol. The number of anilines is 2. The molecule has 0 saturated carbocycles. The zero-order valence-corrected chi connectivity index (χ0v) is 28.3. The van der Waals surface area contributed by atoms with Gasteiger partial charge in [-0.2, -0.15) is 13.0 Å². The van der Waals surface area contributed by atoms with E-state index in [1.807, 2.05) is 60.9 Å². The van der Waals surface area contributed by atoms with Crippen LogP contribution in [0.1, 0.15) is 36.4 Å². The number of fused-ring (bicyclic) bond motifs is 2. The molecule has 0 spiro atoms. The van der Waals surface area contributed by atoms with Gasteiger partial charge in [0.1, 0.15) is 4.70 Å². The number of nitrogens with zero attached hydrogens (tertiary/aromatic N) is 3. The number of rotatable bonds is 11. The number of amides is 1. The lowest BCUT2D eigenvalue weighted by molar-refractivity contribution is -0.672. The molecule has 1 aliphatic heterocycles. The lowest BCUT2D eigenvalue weighted by atomic mass is 10.2. The highest BCUT2D eigenvalue weighted by Crippen LogP contribution is 2.47. The summed E-state index contributed by atoms with van der Waals surface area (Å²) in [5.41, 5.74) is 5.17. The Bertz CT molecular complexity index is 1820. The van der Waals surface area contributed by atoms with Gasteiger partial charge in [0.15, 0.2) is 0 Å². The lowest BCUT2D eigenvalue weighted by Gasteiger charge is -2.28. The topological polar surface area (TPSA) is 93.8 Å². The molecule has 12 heteroatoms. The summed E-state index contributed by atoms with van der Waals surface area (Å²) in [5, 5.41) is 5.56. The fourth-order valence-corrected chi connectivity index (χ4v) is 8.01. The van der Waals surface area contributed by atoms with Crippen LogP contribution in [0.5, 0.6) is 0 Å². The molecule has 2 N–H and O–H groups in total. The number of hydrogen-bond donors (Lipinski definition) is 2. The predicted molar refractivity (Wildman–Crippen MR) is 182 cm³/mol. The Morgan fingerprint density at radius 2 is 1.82 bits per heavy atom. The van der Waals surface area contributed by atoms with Crippen LogP contribution in [0.3, 0.4) is 0 Å². The van der Waals surface area contributed by atoms with Crippen LogP contribution >= 0.6 is 34.7 Å². The van der Waals surface area contributed by atoms with Gasteiger partial charge >= 0.3 is 0 Å². The molecule has 3 aromatic carbocycles. The Labute approximate surface area is 272 Å². The summed E-state index contributed by atoms with van der Waals surface area (Å²) in [6, 6.07) is 20.2. The maximum atomic E-state index is 13.3. The van der Waals surface area contributed by atoms with Crippen LogP contribution in [0.4, 0.5) is 11.4 Å². The number of nitrogens with one attached hydrogen (secondary N) is 1. The molecule has 4 aromatic rings. The van der Waals surface area contributed by atoms with Crippen LogP contribution in [0.15, 0.2) is 70.6 Å². The van der Waals surface area contributed by atoms with Crippen LogP contribution in [-0.4, -0.2) is 43.8 Å². The Kier molecular flexibility index (Phi) is 9.91. The number of hydrogen-bond acceptors (Lipinski definition) is 7. The van der Waals surface area contributed by atoms with Gasteiger partial charge in [0.05, 0.1) is 29.1 Å². The summed E-state index contributed by atoms with van der Waals surface area (Å²) < 4.78 is 35.3. The van der Waals surface area contributed by atoms with Gasteiger partial charge in [0, 0.05) is 34.3 Å². The molecule has 1 aliphatic rings. The third-order valence-corrected chi connectivity index (χ3v) is 10.6. The molecule has 0 unspecified atom stereocenters. The fourth-order valence-electron chi connectivity index (χ4n) is 5.09. The highest BCUT2D eigenvalue weighted by molar-refractivity contribution is 8.03. The van der Waals surface area contributed by atoms with Crippen molar-refractivity contribution in [1.82, 2.24) is 5.32 Å². The van der Waals surface area contributed by atoms with Crippen LogP contribution in [0.2, 0.25) is 5.02 Å². The number of carbonyl (C=O) groups excluding carboxylic acids is 1. The molecule has 2 heterocycles. The van der Waals surface area contributed by atoms with E-state index in [0.717, 1.165) is 42.1 Å². The Morgan fingerprint density at radius 1 is 1.09 bits per heavy atom. The molecule has 0 atom stereocenters. The summed E-state index contributed by atoms with van der Waals surface area (Å²) in [5.74, 6) is -0.414. The van der Waals surface area contributed by atoms with E-state index in [9.17, 15) is 17.8 Å². The van der Waals surface area contributed by atoms with E-state index in [2.05, 4.69) is 53.2 Å². The minimum absolute atomic E-state index is 0.100. The number of thioether (sulfide) groups is 1. The molecule has 0 fully saturated rings. The summed E-state index contributed by atoms with van der Waals surface area (Å²) >= 11 is 9.61. The van der Waals surface area contributed by atoms with E-state index in [-0.39, 0.29) is 37.3 Å². The van der Waals surface area contributed by atoms with Crippen molar-refractivity contribution in [3.8, 4) is 0 Å². The Balaban J connectivity index is 1.43. The second-order valence-electron chi connectivity index (χ2n) is 11.1. The number of carbonyl (C=O) groups is 1. The smallest absolute Gasteiger partial charge is 0.267 e. The van der Waals surface area contributed by atoms with Gasteiger partial charge in [-0.1, -0.05) is 58.5 Å². The normalized spacial score (nSPS) is 14.1. The largest absolute Gasteiger partial charge is 0.360 e. The number of halogens is 1. The van der Waals surface area contributed by atoms with E-state index >= 15 is 0 Å². The van der Waals surface area contributed by atoms with Crippen LogP contribution in [-0.2, 0) is 21.6 Å². The summed E-state index contributed by atoms with van der Waals surface area (Å²) in [6.07, 6.45) is 2.35. The van der Waals surface area contributed by atoms with Crippen molar-refractivity contribution in [2.75, 3.05) is 28.6 Å². The fraction of sp³-hybridized carbons (Fsp3) is 0.312. The van der Waals surface area contributed by atoms with Crippen LogP contribution in [0.25, 0.3) is 16.3 Å².